The second kappa shape index (κ2) is 7.30. The summed E-state index contributed by atoms with van der Waals surface area (Å²) in [6.07, 6.45) is 1.97. The van der Waals surface area contributed by atoms with Crippen LogP contribution < -0.4 is 0 Å². The molecule has 0 fully saturated rings. The lowest BCUT2D eigenvalue weighted by molar-refractivity contribution is -0.146. The summed E-state index contributed by atoms with van der Waals surface area (Å²) < 4.78 is 5.26. The van der Waals surface area contributed by atoms with Crippen molar-refractivity contribution >= 4 is 40.7 Å². The van der Waals surface area contributed by atoms with Crippen molar-refractivity contribution in [3.05, 3.63) is 45.1 Å². The van der Waals surface area contributed by atoms with Gasteiger partial charge in [-0.2, -0.15) is 0 Å². The van der Waals surface area contributed by atoms with Crippen molar-refractivity contribution in [3.8, 4) is 0 Å². The third-order valence-corrected chi connectivity index (χ3v) is 5.23. The molecule has 1 aromatic carbocycles. The monoisotopic (exact) mass is 379 g/mol. The molecule has 25 heavy (non-hydrogen) atoms. The van der Waals surface area contributed by atoms with Crippen molar-refractivity contribution in [1.82, 2.24) is 0 Å². The van der Waals surface area contributed by atoms with Gasteiger partial charge in [0.2, 0.25) is 0 Å². The Morgan fingerprint density at radius 1 is 1.32 bits per heavy atom. The number of nitrogens with zero attached hydrogens (tertiary/aromatic N) is 1. The Kier molecular flexibility index (Phi) is 5.30. The van der Waals surface area contributed by atoms with Gasteiger partial charge in [-0.1, -0.05) is 29.3 Å². The molecule has 1 heterocycles. The van der Waals surface area contributed by atoms with Gasteiger partial charge in [0, 0.05) is 39.4 Å². The Balaban J connectivity index is 2.19. The number of halogens is 2. The quantitative estimate of drug-likeness (QED) is 0.712. The Morgan fingerprint density at radius 2 is 2.08 bits per heavy atom. The molecule has 0 aromatic heterocycles. The van der Waals surface area contributed by atoms with Gasteiger partial charge in [-0.3, -0.25) is 14.6 Å². The van der Waals surface area contributed by atoms with E-state index >= 15 is 0 Å². The topological polar surface area (TPSA) is 55.7 Å². The van der Waals surface area contributed by atoms with Gasteiger partial charge in [0.15, 0.2) is 5.78 Å². The molecule has 1 aromatic rings. The summed E-state index contributed by atoms with van der Waals surface area (Å²) in [5.74, 6) is -1.49. The zero-order valence-electron chi connectivity index (χ0n) is 14.1. The van der Waals surface area contributed by atoms with Gasteiger partial charge in [0.05, 0.1) is 6.61 Å². The molecule has 0 N–H and O–H groups in total. The first-order valence-electron chi connectivity index (χ1n) is 8.37. The molecule has 1 unspecified atom stereocenters. The predicted molar refractivity (Wildman–Crippen MR) is 98.3 cm³/mol. The maximum atomic E-state index is 12.7. The first-order valence-corrected chi connectivity index (χ1v) is 9.12. The SMILES string of the molecule is CCOC(=O)C1C(C)=NC2=C(C(=O)CCC2)[C@H]1c1ccc(Cl)cc1Cl. The van der Waals surface area contributed by atoms with Crippen LogP contribution in [0.25, 0.3) is 0 Å². The highest BCUT2D eigenvalue weighted by Gasteiger charge is 2.43. The number of allylic oxidation sites excluding steroid dienone is 2. The van der Waals surface area contributed by atoms with Crippen LogP contribution in [-0.4, -0.2) is 24.1 Å². The highest BCUT2D eigenvalue weighted by molar-refractivity contribution is 6.35. The van der Waals surface area contributed by atoms with E-state index in [4.69, 9.17) is 27.9 Å². The van der Waals surface area contributed by atoms with E-state index in [9.17, 15) is 9.59 Å². The average molecular weight is 380 g/mol. The van der Waals surface area contributed by atoms with Gasteiger partial charge in [-0.15, -0.1) is 0 Å². The van der Waals surface area contributed by atoms with Crippen LogP contribution in [0.5, 0.6) is 0 Å². The normalized spacial score (nSPS) is 23.2. The lowest BCUT2D eigenvalue weighted by atomic mass is 9.72. The van der Waals surface area contributed by atoms with Gasteiger partial charge in [-0.05, 0) is 44.4 Å². The van der Waals surface area contributed by atoms with Crippen LogP contribution in [0.1, 0.15) is 44.6 Å². The second-order valence-corrected chi connectivity index (χ2v) is 7.11. The smallest absolute Gasteiger partial charge is 0.315 e. The Hall–Kier alpha value is -1.65. The van der Waals surface area contributed by atoms with Crippen LogP contribution in [0.15, 0.2) is 34.5 Å². The Bertz CT molecular complexity index is 798. The number of benzene rings is 1. The number of hydrogen-bond donors (Lipinski definition) is 0. The number of ketones is 1. The summed E-state index contributed by atoms with van der Waals surface area (Å²) in [7, 11) is 0. The molecule has 3 rings (SSSR count). The molecule has 1 aliphatic heterocycles. The van der Waals surface area contributed by atoms with E-state index in [1.54, 1.807) is 32.0 Å². The third-order valence-electron chi connectivity index (χ3n) is 4.67. The first kappa shape index (κ1) is 18.2. The summed E-state index contributed by atoms with van der Waals surface area (Å²) in [6.45, 7) is 3.83. The molecular formula is C19H19Cl2NO3. The van der Waals surface area contributed by atoms with Crippen molar-refractivity contribution in [2.75, 3.05) is 6.61 Å². The number of ether oxygens (including phenoxy) is 1. The molecule has 2 atom stereocenters. The highest BCUT2D eigenvalue weighted by Crippen LogP contribution is 2.45. The molecule has 0 saturated carbocycles. The second-order valence-electron chi connectivity index (χ2n) is 6.26. The number of Topliss-reactive ketones (excluding diaryl/α,β-unsaturated/α-hetero) is 1. The maximum absolute atomic E-state index is 12.7. The molecule has 132 valence electrons. The number of hydrogen-bond acceptors (Lipinski definition) is 4. The maximum Gasteiger partial charge on any atom is 0.315 e. The van der Waals surface area contributed by atoms with Crippen LogP contribution in [0.2, 0.25) is 10.0 Å². The van der Waals surface area contributed by atoms with Crippen molar-refractivity contribution in [2.45, 2.75) is 39.0 Å². The molecule has 1 aliphatic carbocycles. The van der Waals surface area contributed by atoms with Crippen LogP contribution in [0.4, 0.5) is 0 Å². The van der Waals surface area contributed by atoms with Crippen molar-refractivity contribution in [3.63, 3.8) is 0 Å². The Morgan fingerprint density at radius 3 is 2.76 bits per heavy atom. The van der Waals surface area contributed by atoms with Crippen molar-refractivity contribution < 1.29 is 14.3 Å². The standard InChI is InChI=1S/C19H19Cl2NO3/c1-3-25-19(24)16-10(2)22-14-5-4-6-15(23)18(14)17(16)12-8-7-11(20)9-13(12)21/h7-9,16-17H,3-6H2,1-2H3/t16?,17-/m0/s1. The minimum Gasteiger partial charge on any atom is -0.465 e. The summed E-state index contributed by atoms with van der Waals surface area (Å²) >= 11 is 12.4. The highest BCUT2D eigenvalue weighted by atomic mass is 35.5. The fourth-order valence-electron chi connectivity index (χ4n) is 3.63. The molecule has 6 heteroatoms. The number of rotatable bonds is 3. The fourth-order valence-corrected chi connectivity index (χ4v) is 4.16. The number of aliphatic imine (C=N–C) groups is 1. The predicted octanol–water partition coefficient (Wildman–Crippen LogP) is 4.74. The van der Waals surface area contributed by atoms with Crippen LogP contribution in [0, 0.1) is 5.92 Å². The molecule has 2 aliphatic rings. The summed E-state index contributed by atoms with van der Waals surface area (Å²) in [5.41, 5.74) is 2.73. The lowest BCUT2D eigenvalue weighted by Gasteiger charge is -2.34. The van der Waals surface area contributed by atoms with Gasteiger partial charge < -0.3 is 4.74 Å². The van der Waals surface area contributed by atoms with E-state index in [0.29, 0.717) is 33.3 Å². The Labute approximate surface area is 156 Å². The zero-order valence-corrected chi connectivity index (χ0v) is 15.7. The van der Waals surface area contributed by atoms with Gasteiger partial charge in [0.1, 0.15) is 5.92 Å². The van der Waals surface area contributed by atoms with Gasteiger partial charge in [-0.25, -0.2) is 0 Å². The largest absolute Gasteiger partial charge is 0.465 e. The van der Waals surface area contributed by atoms with E-state index in [0.717, 1.165) is 18.5 Å². The molecule has 0 saturated heterocycles. The zero-order chi connectivity index (χ0) is 18.1. The molecular weight excluding hydrogens is 361 g/mol. The van der Waals surface area contributed by atoms with E-state index in [-0.39, 0.29) is 18.4 Å². The average Bonchev–Trinajstić information content (AvgIpc) is 2.54. The van der Waals surface area contributed by atoms with Crippen molar-refractivity contribution in [1.29, 1.82) is 0 Å². The fraction of sp³-hybridized carbons (Fsp3) is 0.421. The van der Waals surface area contributed by atoms with Crippen LogP contribution in [0.3, 0.4) is 0 Å². The van der Waals surface area contributed by atoms with Crippen LogP contribution >= 0.6 is 23.2 Å². The first-order chi connectivity index (χ1) is 11.9. The van der Waals surface area contributed by atoms with Crippen molar-refractivity contribution in [2.24, 2.45) is 10.9 Å². The summed E-state index contributed by atoms with van der Waals surface area (Å²) in [5, 5.41) is 0.943. The van der Waals surface area contributed by atoms with Gasteiger partial charge >= 0.3 is 5.97 Å². The van der Waals surface area contributed by atoms with E-state index in [1.165, 1.54) is 0 Å². The van der Waals surface area contributed by atoms with E-state index < -0.39 is 11.8 Å². The molecule has 0 amide bonds. The van der Waals surface area contributed by atoms with E-state index in [1.807, 2.05) is 0 Å². The van der Waals surface area contributed by atoms with Crippen LogP contribution in [-0.2, 0) is 14.3 Å². The lowest BCUT2D eigenvalue weighted by Crippen LogP contribution is -2.37. The van der Waals surface area contributed by atoms with Gasteiger partial charge in [0.25, 0.3) is 0 Å². The summed E-state index contributed by atoms with van der Waals surface area (Å²) in [6, 6.07) is 5.14. The molecule has 0 spiro atoms. The number of esters is 1. The molecule has 0 radical (unpaired) electrons. The molecule has 4 nitrogen and oxygen atoms in total. The summed E-state index contributed by atoms with van der Waals surface area (Å²) in [4.78, 5) is 29.9. The number of carbonyl (C=O) groups excluding carboxylic acids is 2. The molecule has 0 bridgehead atoms. The minimum absolute atomic E-state index is 0.0304. The number of carbonyl (C=O) groups is 2. The third kappa shape index (κ3) is 3.38. The minimum atomic E-state index is -0.653. The van der Waals surface area contributed by atoms with E-state index in [2.05, 4.69) is 4.99 Å².